The molecular formula is C27H16FN3O. The molecule has 2 aromatic heterocycles. The van der Waals surface area contributed by atoms with Gasteiger partial charge in [-0.15, -0.1) is 0 Å². The van der Waals surface area contributed by atoms with Gasteiger partial charge < -0.3 is 4.42 Å². The third kappa shape index (κ3) is 3.03. The molecule has 0 unspecified atom stereocenters. The summed E-state index contributed by atoms with van der Waals surface area (Å²) < 4.78 is 21.5. The van der Waals surface area contributed by atoms with Crippen LogP contribution in [0.3, 0.4) is 0 Å². The van der Waals surface area contributed by atoms with Gasteiger partial charge in [0.05, 0.1) is 5.56 Å². The molecule has 0 aliphatic carbocycles. The van der Waals surface area contributed by atoms with Crippen LogP contribution in [-0.4, -0.2) is 15.0 Å². The maximum atomic E-state index is 15.7. The van der Waals surface area contributed by atoms with Crippen molar-refractivity contribution in [1.29, 1.82) is 0 Å². The SMILES string of the molecule is Fc1c(-c2nc(-c3ccccc3)nc(-c3ccccc3)n2)ccc2c1oc1ccccc12. The highest BCUT2D eigenvalue weighted by atomic mass is 19.1. The Morgan fingerprint density at radius 3 is 1.75 bits per heavy atom. The minimum absolute atomic E-state index is 0.201. The summed E-state index contributed by atoms with van der Waals surface area (Å²) in [7, 11) is 0. The summed E-state index contributed by atoms with van der Waals surface area (Å²) in [6, 6.07) is 30.3. The number of hydrogen-bond donors (Lipinski definition) is 0. The van der Waals surface area contributed by atoms with Gasteiger partial charge in [-0.3, -0.25) is 0 Å². The number of halogens is 1. The summed E-state index contributed by atoms with van der Waals surface area (Å²) in [5, 5.41) is 1.60. The van der Waals surface area contributed by atoms with Gasteiger partial charge >= 0.3 is 0 Å². The van der Waals surface area contributed by atoms with E-state index in [9.17, 15) is 0 Å². The molecule has 0 saturated carbocycles. The molecule has 0 aliphatic rings. The number of rotatable bonds is 3. The molecule has 2 heterocycles. The fourth-order valence-electron chi connectivity index (χ4n) is 3.86. The van der Waals surface area contributed by atoms with Gasteiger partial charge in [-0.05, 0) is 18.2 Å². The average molecular weight is 417 g/mol. The fraction of sp³-hybridized carbons (Fsp3) is 0. The lowest BCUT2D eigenvalue weighted by atomic mass is 10.1. The van der Waals surface area contributed by atoms with Crippen LogP contribution in [0.5, 0.6) is 0 Å². The second-order valence-electron chi connectivity index (χ2n) is 7.44. The molecule has 0 amide bonds. The Bertz CT molecular complexity index is 1520. The summed E-state index contributed by atoms with van der Waals surface area (Å²) >= 11 is 0. The van der Waals surface area contributed by atoms with Crippen molar-refractivity contribution in [3.8, 4) is 34.2 Å². The van der Waals surface area contributed by atoms with Crippen LogP contribution in [0.1, 0.15) is 0 Å². The molecule has 0 saturated heterocycles. The highest BCUT2D eigenvalue weighted by Crippen LogP contribution is 2.35. The molecule has 5 heteroatoms. The van der Waals surface area contributed by atoms with Crippen LogP contribution in [0.4, 0.5) is 4.39 Å². The Balaban J connectivity index is 1.60. The second-order valence-corrected chi connectivity index (χ2v) is 7.44. The zero-order valence-corrected chi connectivity index (χ0v) is 16.9. The maximum Gasteiger partial charge on any atom is 0.177 e. The van der Waals surface area contributed by atoms with Crippen molar-refractivity contribution in [2.75, 3.05) is 0 Å². The number of para-hydroxylation sites is 1. The van der Waals surface area contributed by atoms with E-state index in [1.54, 1.807) is 6.07 Å². The van der Waals surface area contributed by atoms with E-state index in [0.717, 1.165) is 21.9 Å². The summed E-state index contributed by atoms with van der Waals surface area (Å²) in [4.78, 5) is 13.9. The first-order valence-electron chi connectivity index (χ1n) is 10.2. The van der Waals surface area contributed by atoms with Gasteiger partial charge in [-0.2, -0.15) is 0 Å². The van der Waals surface area contributed by atoms with Crippen LogP contribution >= 0.6 is 0 Å². The highest BCUT2D eigenvalue weighted by Gasteiger charge is 2.19. The van der Waals surface area contributed by atoms with E-state index in [-0.39, 0.29) is 17.0 Å². The van der Waals surface area contributed by atoms with Crippen LogP contribution in [0.2, 0.25) is 0 Å². The zero-order chi connectivity index (χ0) is 21.5. The standard InChI is InChI=1S/C27H16FN3O/c28-23-21(16-15-20-19-13-7-8-14-22(19)32-24(20)23)27-30-25(17-9-3-1-4-10-17)29-26(31-27)18-11-5-2-6-12-18/h1-16H. The predicted octanol–water partition coefficient (Wildman–Crippen LogP) is 6.91. The third-order valence-corrected chi connectivity index (χ3v) is 5.43. The summed E-state index contributed by atoms with van der Waals surface area (Å²) in [6.07, 6.45) is 0. The summed E-state index contributed by atoms with van der Waals surface area (Å²) in [5.41, 5.74) is 2.78. The molecule has 0 radical (unpaired) electrons. The predicted molar refractivity (Wildman–Crippen MR) is 123 cm³/mol. The van der Waals surface area contributed by atoms with E-state index < -0.39 is 5.82 Å². The topological polar surface area (TPSA) is 51.8 Å². The second kappa shape index (κ2) is 7.39. The molecule has 32 heavy (non-hydrogen) atoms. The molecule has 4 aromatic carbocycles. The molecule has 0 aliphatic heterocycles. The molecule has 0 atom stereocenters. The summed E-state index contributed by atoms with van der Waals surface area (Å²) in [6.45, 7) is 0. The van der Waals surface area contributed by atoms with Gasteiger partial charge in [0.2, 0.25) is 0 Å². The van der Waals surface area contributed by atoms with Gasteiger partial charge in [0, 0.05) is 21.9 Å². The van der Waals surface area contributed by atoms with Crippen molar-refractivity contribution in [3.05, 3.63) is 103 Å². The lowest BCUT2D eigenvalue weighted by molar-refractivity contribution is 0.586. The van der Waals surface area contributed by atoms with Gasteiger partial charge in [0.1, 0.15) is 5.58 Å². The minimum Gasteiger partial charge on any atom is -0.453 e. The maximum absolute atomic E-state index is 15.7. The lowest BCUT2D eigenvalue weighted by Crippen LogP contribution is -2.01. The van der Waals surface area contributed by atoms with Crippen molar-refractivity contribution in [2.45, 2.75) is 0 Å². The lowest BCUT2D eigenvalue weighted by Gasteiger charge is -2.09. The van der Waals surface area contributed by atoms with E-state index >= 15 is 4.39 Å². The molecule has 0 bridgehead atoms. The molecule has 6 rings (SSSR count). The quantitative estimate of drug-likeness (QED) is 0.314. The van der Waals surface area contributed by atoms with E-state index in [4.69, 9.17) is 4.42 Å². The molecule has 152 valence electrons. The molecule has 0 N–H and O–H groups in total. The minimum atomic E-state index is -0.483. The third-order valence-electron chi connectivity index (χ3n) is 5.43. The number of benzene rings is 4. The number of furan rings is 1. The van der Waals surface area contributed by atoms with E-state index in [1.165, 1.54) is 0 Å². The van der Waals surface area contributed by atoms with Crippen molar-refractivity contribution >= 4 is 21.9 Å². The fourth-order valence-corrected chi connectivity index (χ4v) is 3.86. The van der Waals surface area contributed by atoms with Gasteiger partial charge in [0.15, 0.2) is 28.9 Å². The normalized spacial score (nSPS) is 11.3. The Hall–Kier alpha value is -4.38. The molecule has 4 nitrogen and oxygen atoms in total. The molecule has 6 aromatic rings. The van der Waals surface area contributed by atoms with Crippen molar-refractivity contribution < 1.29 is 8.81 Å². The van der Waals surface area contributed by atoms with Crippen LogP contribution < -0.4 is 0 Å². The van der Waals surface area contributed by atoms with Crippen molar-refractivity contribution in [3.63, 3.8) is 0 Å². The van der Waals surface area contributed by atoms with Gasteiger partial charge in [-0.1, -0.05) is 78.9 Å². The first kappa shape index (κ1) is 18.4. The monoisotopic (exact) mass is 417 g/mol. The van der Waals surface area contributed by atoms with E-state index in [2.05, 4.69) is 15.0 Å². The highest BCUT2D eigenvalue weighted by molar-refractivity contribution is 6.06. The zero-order valence-electron chi connectivity index (χ0n) is 16.9. The van der Waals surface area contributed by atoms with Crippen LogP contribution in [-0.2, 0) is 0 Å². The molecular weight excluding hydrogens is 401 g/mol. The molecule has 0 fully saturated rings. The van der Waals surface area contributed by atoms with Crippen molar-refractivity contribution in [2.24, 2.45) is 0 Å². The van der Waals surface area contributed by atoms with E-state index in [0.29, 0.717) is 17.2 Å². The first-order chi connectivity index (χ1) is 15.8. The number of fused-ring (bicyclic) bond motifs is 3. The van der Waals surface area contributed by atoms with Crippen molar-refractivity contribution in [1.82, 2.24) is 15.0 Å². The Kier molecular flexibility index (Phi) is 4.25. The number of hydrogen-bond acceptors (Lipinski definition) is 4. The summed E-state index contributed by atoms with van der Waals surface area (Å²) in [5.74, 6) is 0.748. The smallest absolute Gasteiger partial charge is 0.177 e. The Labute approximate surface area is 183 Å². The average Bonchev–Trinajstić information content (AvgIpc) is 3.25. The number of nitrogens with zero attached hydrogens (tertiary/aromatic N) is 3. The first-order valence-corrected chi connectivity index (χ1v) is 10.2. The van der Waals surface area contributed by atoms with Crippen LogP contribution in [0, 0.1) is 5.82 Å². The van der Waals surface area contributed by atoms with Crippen LogP contribution in [0.25, 0.3) is 56.1 Å². The Morgan fingerprint density at radius 2 is 1.09 bits per heavy atom. The molecule has 0 spiro atoms. The van der Waals surface area contributed by atoms with Gasteiger partial charge in [-0.25, -0.2) is 19.3 Å². The van der Waals surface area contributed by atoms with Gasteiger partial charge in [0.25, 0.3) is 0 Å². The largest absolute Gasteiger partial charge is 0.453 e. The number of aromatic nitrogens is 3. The van der Waals surface area contributed by atoms with E-state index in [1.807, 2.05) is 91.0 Å². The van der Waals surface area contributed by atoms with Crippen LogP contribution in [0.15, 0.2) is 101 Å². The Morgan fingerprint density at radius 1 is 0.531 bits per heavy atom.